The molecule has 0 radical (unpaired) electrons. The average Bonchev–Trinajstić information content (AvgIpc) is 3.07. The van der Waals surface area contributed by atoms with Crippen molar-refractivity contribution in [1.29, 1.82) is 0 Å². The van der Waals surface area contributed by atoms with Gasteiger partial charge in [-0.15, -0.1) is 0 Å². The predicted molar refractivity (Wildman–Crippen MR) is 90.5 cm³/mol. The van der Waals surface area contributed by atoms with Gasteiger partial charge in [-0.05, 0) is 43.0 Å². The van der Waals surface area contributed by atoms with Crippen molar-refractivity contribution in [1.82, 2.24) is 15.0 Å². The molecule has 1 aliphatic rings. The standard InChI is InChI=1S/C18H23N3O4/c1-24-10-8-16-19-17(25-20-16)12-21-9-2-3-15(11-21)13-4-6-14(7-5-13)18(22)23/h4-7,15H,2-3,8-12H2,1H3,(H,22,23). The molecule has 134 valence electrons. The summed E-state index contributed by atoms with van der Waals surface area (Å²) in [4.78, 5) is 17.7. The molecule has 1 atom stereocenters. The molecule has 1 aromatic heterocycles. The van der Waals surface area contributed by atoms with Crippen molar-refractivity contribution >= 4 is 5.97 Å². The van der Waals surface area contributed by atoms with Gasteiger partial charge in [0.25, 0.3) is 0 Å². The van der Waals surface area contributed by atoms with Gasteiger partial charge in [0.1, 0.15) is 0 Å². The molecule has 1 aromatic carbocycles. The molecule has 2 heterocycles. The first-order valence-electron chi connectivity index (χ1n) is 8.51. The number of aromatic nitrogens is 2. The van der Waals surface area contributed by atoms with Crippen LogP contribution in [0.2, 0.25) is 0 Å². The number of carboxylic acid groups (broad SMARTS) is 1. The van der Waals surface area contributed by atoms with E-state index in [1.807, 2.05) is 12.1 Å². The fraction of sp³-hybridized carbons (Fsp3) is 0.500. The van der Waals surface area contributed by atoms with E-state index in [-0.39, 0.29) is 0 Å². The number of piperidine rings is 1. The van der Waals surface area contributed by atoms with Crippen molar-refractivity contribution in [3.8, 4) is 0 Å². The fourth-order valence-corrected chi connectivity index (χ4v) is 3.21. The van der Waals surface area contributed by atoms with E-state index >= 15 is 0 Å². The van der Waals surface area contributed by atoms with Crippen LogP contribution in [-0.4, -0.2) is 52.9 Å². The molecule has 0 amide bonds. The van der Waals surface area contributed by atoms with Crippen LogP contribution in [0.25, 0.3) is 0 Å². The Hall–Kier alpha value is -2.25. The molecule has 0 spiro atoms. The fourth-order valence-electron chi connectivity index (χ4n) is 3.21. The zero-order chi connectivity index (χ0) is 17.6. The molecule has 0 bridgehead atoms. The molecule has 1 unspecified atom stereocenters. The van der Waals surface area contributed by atoms with Crippen LogP contribution >= 0.6 is 0 Å². The summed E-state index contributed by atoms with van der Waals surface area (Å²) >= 11 is 0. The summed E-state index contributed by atoms with van der Waals surface area (Å²) in [6.45, 7) is 3.13. The van der Waals surface area contributed by atoms with Crippen LogP contribution in [0.15, 0.2) is 28.8 Å². The average molecular weight is 345 g/mol. The normalized spacial score (nSPS) is 18.4. The van der Waals surface area contributed by atoms with Crippen molar-refractivity contribution in [2.24, 2.45) is 0 Å². The summed E-state index contributed by atoms with van der Waals surface area (Å²) in [5, 5.41) is 13.0. The molecule has 7 nitrogen and oxygen atoms in total. The number of carboxylic acids is 1. The summed E-state index contributed by atoms with van der Waals surface area (Å²) in [7, 11) is 1.65. The number of ether oxygens (including phenoxy) is 1. The number of methoxy groups -OCH3 is 1. The van der Waals surface area contributed by atoms with Crippen molar-refractivity contribution in [2.45, 2.75) is 31.7 Å². The second kappa shape index (κ2) is 8.22. The van der Waals surface area contributed by atoms with Gasteiger partial charge in [0.2, 0.25) is 5.89 Å². The summed E-state index contributed by atoms with van der Waals surface area (Å²) in [6.07, 6.45) is 2.85. The zero-order valence-corrected chi connectivity index (χ0v) is 14.4. The van der Waals surface area contributed by atoms with Crippen molar-refractivity contribution in [3.63, 3.8) is 0 Å². The quantitative estimate of drug-likeness (QED) is 0.824. The first-order valence-corrected chi connectivity index (χ1v) is 8.51. The summed E-state index contributed by atoms with van der Waals surface area (Å²) in [6, 6.07) is 7.20. The van der Waals surface area contributed by atoms with Gasteiger partial charge < -0.3 is 14.4 Å². The molecule has 25 heavy (non-hydrogen) atoms. The lowest BCUT2D eigenvalue weighted by molar-refractivity contribution is 0.0697. The molecule has 0 aliphatic carbocycles. The molecule has 2 aromatic rings. The largest absolute Gasteiger partial charge is 0.478 e. The molecular weight excluding hydrogens is 322 g/mol. The highest BCUT2D eigenvalue weighted by atomic mass is 16.5. The minimum atomic E-state index is -0.891. The van der Waals surface area contributed by atoms with Crippen LogP contribution in [0, 0.1) is 0 Å². The van der Waals surface area contributed by atoms with E-state index in [1.165, 1.54) is 5.56 Å². The Bertz CT molecular complexity index is 699. The third kappa shape index (κ3) is 4.64. The third-order valence-corrected chi connectivity index (χ3v) is 4.53. The lowest BCUT2D eigenvalue weighted by Gasteiger charge is -2.32. The Morgan fingerprint density at radius 3 is 2.92 bits per heavy atom. The highest BCUT2D eigenvalue weighted by Crippen LogP contribution is 2.27. The molecule has 1 fully saturated rings. The summed E-state index contributed by atoms with van der Waals surface area (Å²) < 4.78 is 10.3. The molecule has 0 saturated carbocycles. The van der Waals surface area contributed by atoms with E-state index in [2.05, 4.69) is 15.0 Å². The molecule has 7 heteroatoms. The minimum Gasteiger partial charge on any atom is -0.478 e. The maximum absolute atomic E-state index is 11.0. The van der Waals surface area contributed by atoms with E-state index in [4.69, 9.17) is 14.4 Å². The Labute approximate surface area is 146 Å². The molecule has 1 aliphatic heterocycles. The van der Waals surface area contributed by atoms with Crippen molar-refractivity contribution in [3.05, 3.63) is 47.1 Å². The zero-order valence-electron chi connectivity index (χ0n) is 14.4. The van der Waals surface area contributed by atoms with E-state index in [1.54, 1.807) is 19.2 Å². The number of nitrogens with zero attached hydrogens (tertiary/aromatic N) is 3. The van der Waals surface area contributed by atoms with Gasteiger partial charge in [0, 0.05) is 20.1 Å². The Balaban J connectivity index is 1.59. The second-order valence-electron chi connectivity index (χ2n) is 6.35. The van der Waals surface area contributed by atoms with Crippen molar-refractivity contribution in [2.75, 3.05) is 26.8 Å². The highest BCUT2D eigenvalue weighted by Gasteiger charge is 2.23. The third-order valence-electron chi connectivity index (χ3n) is 4.53. The van der Waals surface area contributed by atoms with Gasteiger partial charge in [-0.3, -0.25) is 4.90 Å². The van der Waals surface area contributed by atoms with Crippen LogP contribution < -0.4 is 0 Å². The number of rotatable bonds is 7. The Kier molecular flexibility index (Phi) is 5.78. The van der Waals surface area contributed by atoms with Crippen molar-refractivity contribution < 1.29 is 19.2 Å². The van der Waals surface area contributed by atoms with E-state index in [0.717, 1.165) is 25.9 Å². The van der Waals surface area contributed by atoms with Crippen LogP contribution in [0.5, 0.6) is 0 Å². The number of aromatic carboxylic acids is 1. The van der Waals surface area contributed by atoms with Gasteiger partial charge in [0.15, 0.2) is 5.82 Å². The van der Waals surface area contributed by atoms with Crippen LogP contribution in [0.3, 0.4) is 0 Å². The number of hydrogen-bond donors (Lipinski definition) is 1. The molecule has 1 N–H and O–H groups in total. The van der Waals surface area contributed by atoms with Gasteiger partial charge in [0.05, 0.1) is 18.7 Å². The van der Waals surface area contributed by atoms with E-state index in [0.29, 0.717) is 42.8 Å². The number of hydrogen-bond acceptors (Lipinski definition) is 6. The monoisotopic (exact) mass is 345 g/mol. The van der Waals surface area contributed by atoms with Gasteiger partial charge in [-0.1, -0.05) is 17.3 Å². The van der Waals surface area contributed by atoms with Gasteiger partial charge in [-0.2, -0.15) is 4.98 Å². The second-order valence-corrected chi connectivity index (χ2v) is 6.35. The highest BCUT2D eigenvalue weighted by molar-refractivity contribution is 5.87. The Morgan fingerprint density at radius 1 is 1.40 bits per heavy atom. The topological polar surface area (TPSA) is 88.7 Å². The first-order chi connectivity index (χ1) is 12.2. The van der Waals surface area contributed by atoms with E-state index < -0.39 is 5.97 Å². The molecule has 1 saturated heterocycles. The van der Waals surface area contributed by atoms with Gasteiger partial charge in [-0.25, -0.2) is 4.79 Å². The number of benzene rings is 1. The number of likely N-dealkylation sites (tertiary alicyclic amines) is 1. The van der Waals surface area contributed by atoms with Crippen LogP contribution in [0.4, 0.5) is 0 Å². The summed E-state index contributed by atoms with van der Waals surface area (Å²) in [5.74, 6) is 0.813. The first kappa shape index (κ1) is 17.6. The Morgan fingerprint density at radius 2 is 2.20 bits per heavy atom. The maximum Gasteiger partial charge on any atom is 0.335 e. The maximum atomic E-state index is 11.0. The van der Waals surface area contributed by atoms with Gasteiger partial charge >= 0.3 is 5.97 Å². The lowest BCUT2D eigenvalue weighted by atomic mass is 9.90. The molecular formula is C18H23N3O4. The SMILES string of the molecule is COCCc1noc(CN2CCCC(c3ccc(C(=O)O)cc3)C2)n1. The van der Waals surface area contributed by atoms with E-state index in [9.17, 15) is 4.79 Å². The summed E-state index contributed by atoms with van der Waals surface area (Å²) in [5.41, 5.74) is 1.51. The smallest absolute Gasteiger partial charge is 0.335 e. The molecule has 3 rings (SSSR count). The lowest BCUT2D eigenvalue weighted by Crippen LogP contribution is -2.34. The minimum absolute atomic E-state index is 0.325. The van der Waals surface area contributed by atoms with Crippen LogP contribution in [-0.2, 0) is 17.7 Å². The predicted octanol–water partition coefficient (Wildman–Crippen LogP) is 2.34. The van der Waals surface area contributed by atoms with Crippen LogP contribution in [0.1, 0.15) is 46.4 Å². The number of carbonyl (C=O) groups is 1.